The summed E-state index contributed by atoms with van der Waals surface area (Å²) in [5, 5.41) is 3.32. The van der Waals surface area contributed by atoms with Gasteiger partial charge in [0.15, 0.2) is 0 Å². The molecule has 4 nitrogen and oxygen atoms in total. The SMILES string of the molecule is CCCOc1cc(NCC(Cl)CCC)ncn1. The van der Waals surface area contributed by atoms with Crippen LogP contribution < -0.4 is 10.1 Å². The van der Waals surface area contributed by atoms with E-state index >= 15 is 0 Å². The van der Waals surface area contributed by atoms with Crippen molar-refractivity contribution < 1.29 is 4.74 Å². The summed E-state index contributed by atoms with van der Waals surface area (Å²) >= 11 is 6.12. The van der Waals surface area contributed by atoms with Crippen LogP contribution in [0.3, 0.4) is 0 Å². The average molecular weight is 258 g/mol. The molecule has 1 aromatic rings. The maximum absolute atomic E-state index is 6.12. The molecule has 0 bridgehead atoms. The van der Waals surface area contributed by atoms with Crippen LogP contribution in [0.2, 0.25) is 0 Å². The van der Waals surface area contributed by atoms with E-state index in [1.54, 1.807) is 6.07 Å². The fraction of sp³-hybridized carbons (Fsp3) is 0.667. The lowest BCUT2D eigenvalue weighted by Crippen LogP contribution is -2.14. The van der Waals surface area contributed by atoms with Crippen molar-refractivity contribution in [3.63, 3.8) is 0 Å². The quantitative estimate of drug-likeness (QED) is 0.727. The van der Waals surface area contributed by atoms with Gasteiger partial charge in [-0.2, -0.15) is 0 Å². The van der Waals surface area contributed by atoms with Gasteiger partial charge in [0, 0.05) is 12.6 Å². The summed E-state index contributed by atoms with van der Waals surface area (Å²) in [6.45, 7) is 5.56. The monoisotopic (exact) mass is 257 g/mol. The van der Waals surface area contributed by atoms with Crippen LogP contribution in [-0.2, 0) is 0 Å². The molecule has 0 fully saturated rings. The molecular weight excluding hydrogens is 238 g/mol. The largest absolute Gasteiger partial charge is 0.478 e. The topological polar surface area (TPSA) is 47.0 Å². The highest BCUT2D eigenvalue weighted by Crippen LogP contribution is 2.12. The van der Waals surface area contributed by atoms with Crippen molar-refractivity contribution in [2.24, 2.45) is 0 Å². The van der Waals surface area contributed by atoms with Gasteiger partial charge in [0.1, 0.15) is 12.1 Å². The van der Waals surface area contributed by atoms with Gasteiger partial charge < -0.3 is 10.1 Å². The first kappa shape index (κ1) is 14.0. The van der Waals surface area contributed by atoms with E-state index in [2.05, 4.69) is 29.1 Å². The molecule has 1 rings (SSSR count). The molecule has 0 aromatic carbocycles. The zero-order valence-electron chi connectivity index (χ0n) is 10.4. The van der Waals surface area contributed by atoms with Gasteiger partial charge in [-0.25, -0.2) is 9.97 Å². The molecule has 0 aliphatic rings. The highest BCUT2D eigenvalue weighted by Gasteiger charge is 2.04. The lowest BCUT2D eigenvalue weighted by molar-refractivity contribution is 0.305. The molecule has 1 atom stereocenters. The Balaban J connectivity index is 2.42. The van der Waals surface area contributed by atoms with E-state index in [1.807, 2.05) is 0 Å². The molecule has 0 saturated heterocycles. The van der Waals surface area contributed by atoms with Crippen LogP contribution >= 0.6 is 11.6 Å². The molecule has 0 radical (unpaired) electrons. The smallest absolute Gasteiger partial charge is 0.218 e. The van der Waals surface area contributed by atoms with Crippen molar-refractivity contribution in [3.8, 4) is 5.88 Å². The molecule has 96 valence electrons. The van der Waals surface area contributed by atoms with Gasteiger partial charge in [-0.1, -0.05) is 20.3 Å². The Morgan fingerprint density at radius 3 is 2.88 bits per heavy atom. The number of nitrogens with one attached hydrogen (secondary N) is 1. The van der Waals surface area contributed by atoms with Crippen molar-refractivity contribution in [3.05, 3.63) is 12.4 Å². The Kier molecular flexibility index (Phi) is 6.70. The normalized spacial score (nSPS) is 12.2. The van der Waals surface area contributed by atoms with E-state index in [-0.39, 0.29) is 5.38 Å². The molecule has 17 heavy (non-hydrogen) atoms. The molecule has 1 unspecified atom stereocenters. The van der Waals surface area contributed by atoms with Crippen molar-refractivity contribution in [2.75, 3.05) is 18.5 Å². The summed E-state index contributed by atoms with van der Waals surface area (Å²) in [6, 6.07) is 1.80. The van der Waals surface area contributed by atoms with Crippen molar-refractivity contribution >= 4 is 17.4 Å². The molecular formula is C12H20ClN3O. The van der Waals surface area contributed by atoms with Crippen molar-refractivity contribution in [1.29, 1.82) is 0 Å². The number of aromatic nitrogens is 2. The predicted octanol–water partition coefficient (Wildman–Crippen LogP) is 3.08. The Morgan fingerprint density at radius 1 is 1.35 bits per heavy atom. The fourth-order valence-electron chi connectivity index (χ4n) is 1.35. The minimum atomic E-state index is 0.134. The minimum absolute atomic E-state index is 0.134. The number of anilines is 1. The Labute approximate surface area is 108 Å². The first-order valence-electron chi connectivity index (χ1n) is 6.09. The van der Waals surface area contributed by atoms with Gasteiger partial charge in [-0.05, 0) is 12.8 Å². The van der Waals surface area contributed by atoms with E-state index in [0.29, 0.717) is 19.0 Å². The summed E-state index contributed by atoms with van der Waals surface area (Å²) in [5.74, 6) is 1.36. The van der Waals surface area contributed by atoms with Gasteiger partial charge >= 0.3 is 0 Å². The van der Waals surface area contributed by atoms with E-state index < -0.39 is 0 Å². The minimum Gasteiger partial charge on any atom is -0.478 e. The third kappa shape index (κ3) is 5.73. The van der Waals surface area contributed by atoms with Crippen LogP contribution in [0.15, 0.2) is 12.4 Å². The lowest BCUT2D eigenvalue weighted by atomic mass is 10.2. The molecule has 0 amide bonds. The number of alkyl halides is 1. The van der Waals surface area contributed by atoms with Crippen LogP contribution in [0.1, 0.15) is 33.1 Å². The molecule has 0 aliphatic carbocycles. The third-order valence-electron chi connectivity index (χ3n) is 2.20. The Hall–Kier alpha value is -1.03. The first-order valence-corrected chi connectivity index (χ1v) is 6.52. The molecule has 1 aromatic heterocycles. The van der Waals surface area contributed by atoms with Crippen LogP contribution in [0.4, 0.5) is 5.82 Å². The second kappa shape index (κ2) is 8.12. The number of rotatable bonds is 8. The van der Waals surface area contributed by atoms with E-state index in [0.717, 1.165) is 25.1 Å². The number of hydrogen-bond donors (Lipinski definition) is 1. The summed E-state index contributed by atoms with van der Waals surface area (Å²) < 4.78 is 5.43. The third-order valence-corrected chi connectivity index (χ3v) is 2.58. The van der Waals surface area contributed by atoms with Gasteiger partial charge in [-0.15, -0.1) is 11.6 Å². The van der Waals surface area contributed by atoms with E-state index in [4.69, 9.17) is 16.3 Å². The molecule has 1 N–H and O–H groups in total. The number of hydrogen-bond acceptors (Lipinski definition) is 4. The van der Waals surface area contributed by atoms with Crippen molar-refractivity contribution in [2.45, 2.75) is 38.5 Å². The summed E-state index contributed by atoms with van der Waals surface area (Å²) in [7, 11) is 0. The van der Waals surface area contributed by atoms with Gasteiger partial charge in [-0.3, -0.25) is 0 Å². The number of nitrogens with zero attached hydrogens (tertiary/aromatic N) is 2. The first-order chi connectivity index (χ1) is 8.26. The summed E-state index contributed by atoms with van der Waals surface area (Å²) in [5.41, 5.74) is 0. The average Bonchev–Trinajstić information content (AvgIpc) is 2.35. The Bertz CT molecular complexity index is 322. The standard InChI is InChI=1S/C12H20ClN3O/c1-3-5-10(13)8-14-11-7-12(16-9-15-11)17-6-4-2/h7,9-10H,3-6,8H2,1-2H3,(H,14,15,16). The maximum Gasteiger partial charge on any atom is 0.218 e. The van der Waals surface area contributed by atoms with Crippen LogP contribution in [0, 0.1) is 0 Å². The van der Waals surface area contributed by atoms with Gasteiger partial charge in [0.05, 0.1) is 12.0 Å². The fourth-order valence-corrected chi connectivity index (χ4v) is 1.65. The van der Waals surface area contributed by atoms with Crippen LogP contribution in [0.25, 0.3) is 0 Å². The number of halogens is 1. The second-order valence-electron chi connectivity index (χ2n) is 3.86. The van der Waals surface area contributed by atoms with Crippen LogP contribution in [0.5, 0.6) is 5.88 Å². The molecule has 0 saturated carbocycles. The summed E-state index contributed by atoms with van der Waals surface area (Å²) in [4.78, 5) is 8.15. The van der Waals surface area contributed by atoms with Gasteiger partial charge in [0.2, 0.25) is 5.88 Å². The summed E-state index contributed by atoms with van der Waals surface area (Å²) in [6.07, 6.45) is 4.55. The van der Waals surface area contributed by atoms with E-state index in [9.17, 15) is 0 Å². The molecule has 0 spiro atoms. The van der Waals surface area contributed by atoms with E-state index in [1.165, 1.54) is 6.33 Å². The highest BCUT2D eigenvalue weighted by molar-refractivity contribution is 6.20. The zero-order valence-corrected chi connectivity index (χ0v) is 11.2. The van der Waals surface area contributed by atoms with Crippen LogP contribution in [-0.4, -0.2) is 28.5 Å². The molecule has 5 heteroatoms. The molecule has 0 aliphatic heterocycles. The predicted molar refractivity (Wildman–Crippen MR) is 70.9 cm³/mol. The highest BCUT2D eigenvalue weighted by atomic mass is 35.5. The molecule has 1 heterocycles. The van der Waals surface area contributed by atoms with Crippen molar-refractivity contribution in [1.82, 2.24) is 9.97 Å². The van der Waals surface area contributed by atoms with Gasteiger partial charge in [0.25, 0.3) is 0 Å². The number of ether oxygens (including phenoxy) is 1. The zero-order chi connectivity index (χ0) is 12.5. The maximum atomic E-state index is 6.12. The lowest BCUT2D eigenvalue weighted by Gasteiger charge is -2.10. The Morgan fingerprint density at radius 2 is 2.18 bits per heavy atom. The second-order valence-corrected chi connectivity index (χ2v) is 4.47.